The second kappa shape index (κ2) is 5.48. The molecule has 0 amide bonds. The topological polar surface area (TPSA) is 25.8 Å². The normalized spacial score (nSPS) is 8.22. The first kappa shape index (κ1) is 10.8. The van der Waals surface area contributed by atoms with Crippen molar-refractivity contribution < 1.29 is 0 Å². The molecule has 1 aromatic heterocycles. The molecule has 0 saturated heterocycles. The van der Waals surface area contributed by atoms with Crippen molar-refractivity contribution in [2.75, 3.05) is 0 Å². The molecule has 0 N–H and O–H groups in total. The molecule has 5 heteroatoms. The van der Waals surface area contributed by atoms with Gasteiger partial charge in [0.05, 0.1) is 5.03 Å². The average Bonchev–Trinajstić information content (AvgIpc) is 1.64. The van der Waals surface area contributed by atoms with E-state index in [1.807, 2.05) is 0 Å². The summed E-state index contributed by atoms with van der Waals surface area (Å²) in [6.45, 7) is 0. The first-order valence-electron chi connectivity index (χ1n) is 2.00. The van der Waals surface area contributed by atoms with E-state index in [1.54, 1.807) is 12.3 Å². The van der Waals surface area contributed by atoms with Crippen molar-refractivity contribution in [3.8, 4) is 0 Å². The van der Waals surface area contributed by atoms with Crippen LogP contribution in [-0.4, -0.2) is 78.9 Å². The van der Waals surface area contributed by atoms with Crippen LogP contribution in [0.1, 0.15) is 0 Å². The predicted molar refractivity (Wildman–Crippen MR) is 43.7 cm³/mol. The van der Waals surface area contributed by atoms with Gasteiger partial charge in [0.2, 0.25) is 0 Å². The van der Waals surface area contributed by atoms with Crippen LogP contribution < -0.4 is 0 Å². The second-order valence-electron chi connectivity index (χ2n) is 1.21. The summed E-state index contributed by atoms with van der Waals surface area (Å²) in [6, 6.07) is 1.70. The van der Waals surface area contributed by atoms with Crippen molar-refractivity contribution >= 4 is 94.2 Å². The summed E-state index contributed by atoms with van der Waals surface area (Å²) in [4.78, 5) is 7.54. The first-order valence-corrected chi connectivity index (χ1v) is 2.89. The molecular weight excluding hydrogens is 273 g/mol. The van der Waals surface area contributed by atoms with Gasteiger partial charge >= 0.3 is 68.9 Å². The fourth-order valence-electron chi connectivity index (χ4n) is 0.339. The van der Waals surface area contributed by atoms with Crippen LogP contribution in [0.5, 0.6) is 0 Å². The van der Waals surface area contributed by atoms with Crippen LogP contribution in [0.25, 0.3) is 0 Å². The van der Waals surface area contributed by atoms with E-state index < -0.39 is 0 Å². The summed E-state index contributed by atoms with van der Waals surface area (Å²) in [7, 11) is 0. The molecule has 44 valence electrons. The van der Waals surface area contributed by atoms with Gasteiger partial charge < -0.3 is 0 Å². The average molecular weight is 278 g/mol. The van der Waals surface area contributed by atoms with Gasteiger partial charge in [0.25, 0.3) is 0 Å². The zero-order valence-corrected chi connectivity index (χ0v) is 5.73. The SMILES string of the molecule is Sc1ccnc(S)n1.[CsH]. The van der Waals surface area contributed by atoms with Gasteiger partial charge in [-0.25, -0.2) is 9.97 Å². The molecule has 0 aliphatic carbocycles. The Labute approximate surface area is 123 Å². The quantitative estimate of drug-likeness (QED) is 0.408. The third-order valence-electron chi connectivity index (χ3n) is 0.628. The summed E-state index contributed by atoms with van der Waals surface area (Å²) >= 11 is 7.84. The van der Waals surface area contributed by atoms with Crippen LogP contribution in [0.15, 0.2) is 22.4 Å². The number of aromatic nitrogens is 2. The molecule has 0 aliphatic rings. The van der Waals surface area contributed by atoms with Gasteiger partial charge in [-0.05, 0) is 6.07 Å². The molecule has 0 aromatic carbocycles. The molecule has 0 unspecified atom stereocenters. The number of hydrogen-bond donors (Lipinski definition) is 2. The standard InChI is InChI=1S/C4H4N2S2.Cs.H/c7-3-1-2-5-4(8)6-3;;/h1-2H,(H2,5,6,7,8);;. The number of thiol groups is 2. The third kappa shape index (κ3) is 4.31. The molecule has 0 aliphatic heterocycles. The van der Waals surface area contributed by atoms with Gasteiger partial charge in [-0.2, -0.15) is 0 Å². The molecule has 0 spiro atoms. The van der Waals surface area contributed by atoms with Gasteiger partial charge in [-0.15, -0.1) is 25.3 Å². The molecule has 2 nitrogen and oxygen atoms in total. The molecule has 1 rings (SSSR count). The van der Waals surface area contributed by atoms with Crippen LogP contribution in [0, 0.1) is 0 Å². The minimum atomic E-state index is 0. The molecule has 1 aromatic rings. The van der Waals surface area contributed by atoms with Crippen molar-refractivity contribution in [3.63, 3.8) is 0 Å². The summed E-state index contributed by atoms with van der Waals surface area (Å²) in [5, 5.41) is 1.10. The van der Waals surface area contributed by atoms with E-state index in [2.05, 4.69) is 35.2 Å². The number of nitrogens with zero attached hydrogens (tertiary/aromatic N) is 2. The minimum absolute atomic E-state index is 0. The zero-order valence-electron chi connectivity index (χ0n) is 3.94. The third-order valence-corrected chi connectivity index (χ3v) is 1.09. The fourth-order valence-corrected chi connectivity index (χ4v) is 0.754. The van der Waals surface area contributed by atoms with Crippen molar-refractivity contribution in [2.45, 2.75) is 10.2 Å². The van der Waals surface area contributed by atoms with Crippen LogP contribution >= 0.6 is 25.3 Å². The van der Waals surface area contributed by atoms with Crippen LogP contribution in [-0.2, 0) is 0 Å². The molecular formula is C4H5CsN2S2. The Balaban J connectivity index is 0.000000640. The van der Waals surface area contributed by atoms with E-state index in [0.717, 1.165) is 0 Å². The van der Waals surface area contributed by atoms with Crippen LogP contribution in [0.2, 0.25) is 0 Å². The molecule has 1 heterocycles. The Morgan fingerprint density at radius 3 is 2.33 bits per heavy atom. The van der Waals surface area contributed by atoms with E-state index in [4.69, 9.17) is 0 Å². The maximum absolute atomic E-state index is 3.95. The Morgan fingerprint density at radius 2 is 2.00 bits per heavy atom. The van der Waals surface area contributed by atoms with Crippen molar-refractivity contribution in [3.05, 3.63) is 12.3 Å². The monoisotopic (exact) mass is 278 g/mol. The van der Waals surface area contributed by atoms with Gasteiger partial charge in [-0.1, -0.05) is 0 Å². The Bertz CT molecular complexity index is 176. The van der Waals surface area contributed by atoms with Crippen molar-refractivity contribution in [2.24, 2.45) is 0 Å². The Morgan fingerprint density at radius 1 is 1.33 bits per heavy atom. The van der Waals surface area contributed by atoms with Crippen LogP contribution in [0.4, 0.5) is 0 Å². The Hall–Kier alpha value is 1.83. The van der Waals surface area contributed by atoms with Crippen molar-refractivity contribution in [1.82, 2.24) is 9.97 Å². The van der Waals surface area contributed by atoms with Crippen molar-refractivity contribution in [1.29, 1.82) is 0 Å². The molecule has 0 saturated carbocycles. The van der Waals surface area contributed by atoms with E-state index in [1.165, 1.54) is 0 Å². The molecule has 0 bridgehead atoms. The molecule has 9 heavy (non-hydrogen) atoms. The summed E-state index contributed by atoms with van der Waals surface area (Å²) in [5.41, 5.74) is 0. The number of rotatable bonds is 0. The molecule has 0 fully saturated rings. The van der Waals surface area contributed by atoms with Gasteiger partial charge in [-0.3, -0.25) is 0 Å². The number of hydrogen-bond acceptors (Lipinski definition) is 4. The second-order valence-corrected chi connectivity index (χ2v) is 2.07. The molecule has 0 radical (unpaired) electrons. The summed E-state index contributed by atoms with van der Waals surface area (Å²) < 4.78 is 0. The summed E-state index contributed by atoms with van der Waals surface area (Å²) in [5.74, 6) is 0. The van der Waals surface area contributed by atoms with Gasteiger partial charge in [0, 0.05) is 6.20 Å². The van der Waals surface area contributed by atoms with Gasteiger partial charge in [0.1, 0.15) is 0 Å². The summed E-state index contributed by atoms with van der Waals surface area (Å²) in [6.07, 6.45) is 1.61. The van der Waals surface area contributed by atoms with E-state index >= 15 is 0 Å². The molecule has 0 atom stereocenters. The zero-order chi connectivity index (χ0) is 5.98. The van der Waals surface area contributed by atoms with E-state index in [0.29, 0.717) is 10.2 Å². The fraction of sp³-hybridized carbons (Fsp3) is 0. The maximum atomic E-state index is 3.95. The van der Waals surface area contributed by atoms with Crippen LogP contribution in [0.3, 0.4) is 0 Å². The van der Waals surface area contributed by atoms with E-state index in [9.17, 15) is 0 Å². The van der Waals surface area contributed by atoms with E-state index in [-0.39, 0.29) is 68.9 Å². The Kier molecular flexibility index (Phi) is 6.59. The first-order chi connectivity index (χ1) is 3.79. The van der Waals surface area contributed by atoms with Gasteiger partial charge in [0.15, 0.2) is 5.16 Å². The predicted octanol–water partition coefficient (Wildman–Crippen LogP) is 0.405.